The SMILES string of the molecule is CC(C)(C)c1[c-]cc(C(C)(C)C)[nH]1.[Cl-].[Cl-].[Zr+3]. The molecule has 0 aliphatic carbocycles. The van der Waals surface area contributed by atoms with Crippen molar-refractivity contribution in [3.63, 3.8) is 0 Å². The molecule has 0 aliphatic rings. The van der Waals surface area contributed by atoms with Crippen molar-refractivity contribution in [2.75, 3.05) is 0 Å². The van der Waals surface area contributed by atoms with E-state index < -0.39 is 0 Å². The largest absolute Gasteiger partial charge is 3.00 e. The Labute approximate surface area is 131 Å². The average molecular weight is 340 g/mol. The summed E-state index contributed by atoms with van der Waals surface area (Å²) in [5.74, 6) is 0. The summed E-state index contributed by atoms with van der Waals surface area (Å²) in [6, 6.07) is 5.37. The number of halogens is 2. The van der Waals surface area contributed by atoms with E-state index in [9.17, 15) is 0 Å². The van der Waals surface area contributed by atoms with Gasteiger partial charge in [0.1, 0.15) is 0 Å². The minimum atomic E-state index is 0. The third-order valence-corrected chi connectivity index (χ3v) is 2.18. The molecule has 0 aliphatic heterocycles. The van der Waals surface area contributed by atoms with Gasteiger partial charge in [0.2, 0.25) is 0 Å². The number of nitrogens with one attached hydrogen (secondary N) is 1. The Morgan fingerprint density at radius 2 is 1.38 bits per heavy atom. The van der Waals surface area contributed by atoms with Crippen molar-refractivity contribution < 1.29 is 51.0 Å². The normalized spacial score (nSPS) is 10.9. The van der Waals surface area contributed by atoms with Crippen molar-refractivity contribution in [1.29, 1.82) is 0 Å². The molecule has 0 spiro atoms. The smallest absolute Gasteiger partial charge is 1.00 e. The van der Waals surface area contributed by atoms with E-state index in [1.54, 1.807) is 0 Å². The maximum Gasteiger partial charge on any atom is 3.00 e. The van der Waals surface area contributed by atoms with Gasteiger partial charge in [-0.05, 0) is 5.41 Å². The molecule has 1 rings (SSSR count). The number of H-pyrrole nitrogens is 1. The standard InChI is InChI=1S/C12H20N.2ClH.Zr/c1-11(2,3)9-7-8-10(13-9)12(4,5)6;;;/h7,13H,1-6H3;2*1H;/q-1;;;+3/p-2. The predicted molar refractivity (Wildman–Crippen MR) is 57.0 cm³/mol. The number of hydrogen-bond acceptors (Lipinski definition) is 0. The van der Waals surface area contributed by atoms with Crippen LogP contribution in [-0.2, 0) is 37.0 Å². The van der Waals surface area contributed by atoms with Crippen molar-refractivity contribution in [2.24, 2.45) is 0 Å². The van der Waals surface area contributed by atoms with E-state index in [2.05, 4.69) is 58.7 Å². The van der Waals surface area contributed by atoms with Crippen LogP contribution in [0.15, 0.2) is 6.07 Å². The van der Waals surface area contributed by atoms with Crippen LogP contribution in [-0.4, -0.2) is 4.98 Å². The number of aromatic amines is 1. The molecule has 16 heavy (non-hydrogen) atoms. The van der Waals surface area contributed by atoms with Crippen LogP contribution in [0.25, 0.3) is 0 Å². The van der Waals surface area contributed by atoms with Gasteiger partial charge in [-0.3, -0.25) is 0 Å². The molecule has 0 amide bonds. The average Bonchev–Trinajstić information content (AvgIpc) is 2.28. The van der Waals surface area contributed by atoms with Gasteiger partial charge in [-0.1, -0.05) is 52.7 Å². The third-order valence-electron chi connectivity index (χ3n) is 2.18. The minimum Gasteiger partial charge on any atom is -1.00 e. The number of rotatable bonds is 0. The summed E-state index contributed by atoms with van der Waals surface area (Å²) in [5.41, 5.74) is 2.82. The van der Waals surface area contributed by atoms with E-state index in [0.29, 0.717) is 0 Å². The van der Waals surface area contributed by atoms with E-state index >= 15 is 0 Å². The van der Waals surface area contributed by atoms with Crippen LogP contribution < -0.4 is 24.8 Å². The van der Waals surface area contributed by atoms with E-state index in [1.807, 2.05) is 0 Å². The zero-order chi connectivity index (χ0) is 10.3. The van der Waals surface area contributed by atoms with Crippen molar-refractivity contribution >= 4 is 0 Å². The number of hydrogen-bond donors (Lipinski definition) is 1. The fourth-order valence-electron chi connectivity index (χ4n) is 1.16. The Balaban J connectivity index is -0.000000563. The molecule has 0 aromatic carbocycles. The van der Waals surface area contributed by atoms with Gasteiger partial charge in [0.25, 0.3) is 0 Å². The molecule has 0 bridgehead atoms. The molecule has 1 radical (unpaired) electrons. The Hall–Kier alpha value is 0.743. The van der Waals surface area contributed by atoms with Gasteiger partial charge in [-0.25, -0.2) is 12.1 Å². The van der Waals surface area contributed by atoms with Crippen LogP contribution in [0.2, 0.25) is 0 Å². The summed E-state index contributed by atoms with van der Waals surface area (Å²) in [5, 5.41) is 0. The summed E-state index contributed by atoms with van der Waals surface area (Å²) in [4.78, 5) is 3.44. The van der Waals surface area contributed by atoms with Crippen LogP contribution in [0.1, 0.15) is 52.9 Å². The van der Waals surface area contributed by atoms with Gasteiger partial charge in [0, 0.05) is 0 Å². The molecule has 0 fully saturated rings. The molecule has 1 heterocycles. The van der Waals surface area contributed by atoms with E-state index in [1.165, 1.54) is 11.4 Å². The van der Waals surface area contributed by atoms with Crippen LogP contribution >= 0.6 is 0 Å². The van der Waals surface area contributed by atoms with Gasteiger partial charge in [0.15, 0.2) is 0 Å². The first kappa shape index (κ1) is 22.0. The van der Waals surface area contributed by atoms with E-state index in [-0.39, 0.29) is 61.8 Å². The van der Waals surface area contributed by atoms with Crippen LogP contribution in [0.4, 0.5) is 0 Å². The molecule has 1 nitrogen and oxygen atoms in total. The molecule has 91 valence electrons. The summed E-state index contributed by atoms with van der Waals surface area (Å²) in [7, 11) is 0. The van der Waals surface area contributed by atoms with E-state index in [0.717, 1.165) is 0 Å². The van der Waals surface area contributed by atoms with Crippen molar-refractivity contribution in [2.45, 2.75) is 52.4 Å². The first-order valence-electron chi connectivity index (χ1n) is 4.83. The Bertz CT molecular complexity index is 266. The summed E-state index contributed by atoms with van der Waals surface area (Å²) < 4.78 is 0. The van der Waals surface area contributed by atoms with Gasteiger partial charge in [-0.2, -0.15) is 0 Å². The molecule has 0 unspecified atom stereocenters. The summed E-state index contributed by atoms with van der Waals surface area (Å²) >= 11 is 0. The van der Waals surface area contributed by atoms with Gasteiger partial charge in [-0.15, -0.1) is 5.69 Å². The fourth-order valence-corrected chi connectivity index (χ4v) is 1.16. The Morgan fingerprint density at radius 1 is 0.938 bits per heavy atom. The second-order valence-corrected chi connectivity index (χ2v) is 5.70. The monoisotopic (exact) mass is 338 g/mol. The molecule has 4 heteroatoms. The van der Waals surface area contributed by atoms with Crippen LogP contribution in [0.5, 0.6) is 0 Å². The Morgan fingerprint density at radius 3 is 1.56 bits per heavy atom. The van der Waals surface area contributed by atoms with Gasteiger partial charge < -0.3 is 29.8 Å². The zero-order valence-electron chi connectivity index (χ0n) is 10.8. The van der Waals surface area contributed by atoms with Gasteiger partial charge in [0.05, 0.1) is 0 Å². The molecule has 1 aromatic rings. The third kappa shape index (κ3) is 5.89. The Kier molecular flexibility index (Phi) is 9.94. The van der Waals surface area contributed by atoms with Crippen LogP contribution in [0.3, 0.4) is 0 Å². The first-order chi connectivity index (χ1) is 5.71. The fraction of sp³-hybridized carbons (Fsp3) is 0.667. The molecule has 0 atom stereocenters. The topological polar surface area (TPSA) is 15.8 Å². The molecule has 1 aromatic heterocycles. The summed E-state index contributed by atoms with van der Waals surface area (Å²) in [6.07, 6.45) is 0. The maximum absolute atomic E-state index is 3.44. The second-order valence-electron chi connectivity index (χ2n) is 5.70. The van der Waals surface area contributed by atoms with Crippen LogP contribution in [0, 0.1) is 6.07 Å². The number of aromatic nitrogens is 1. The zero-order valence-corrected chi connectivity index (χ0v) is 14.8. The summed E-state index contributed by atoms with van der Waals surface area (Å²) in [6.45, 7) is 13.2. The molecular formula is C12H20Cl2NZr. The van der Waals surface area contributed by atoms with Crippen molar-refractivity contribution in [3.05, 3.63) is 23.5 Å². The quantitative estimate of drug-likeness (QED) is 0.499. The second kappa shape index (κ2) is 7.24. The molecular weight excluding hydrogens is 320 g/mol. The predicted octanol–water partition coefficient (Wildman–Crippen LogP) is -2.58. The maximum atomic E-state index is 3.44. The molecule has 0 saturated carbocycles. The van der Waals surface area contributed by atoms with E-state index in [4.69, 9.17) is 0 Å². The van der Waals surface area contributed by atoms with Gasteiger partial charge >= 0.3 is 26.2 Å². The molecule has 0 saturated heterocycles. The molecule has 1 N–H and O–H groups in total. The van der Waals surface area contributed by atoms with Crippen molar-refractivity contribution in [3.8, 4) is 0 Å². The minimum absolute atomic E-state index is 0. The first-order valence-corrected chi connectivity index (χ1v) is 4.83. The van der Waals surface area contributed by atoms with Crippen molar-refractivity contribution in [1.82, 2.24) is 4.98 Å².